The molecule has 5 nitrogen and oxygen atoms in total. The Morgan fingerprint density at radius 3 is 2.50 bits per heavy atom. The predicted octanol–water partition coefficient (Wildman–Crippen LogP) is 1.41. The molecule has 1 aliphatic rings. The van der Waals surface area contributed by atoms with E-state index in [-0.39, 0.29) is 6.09 Å². The lowest BCUT2D eigenvalue weighted by molar-refractivity contribution is 0.181. The summed E-state index contributed by atoms with van der Waals surface area (Å²) in [7, 11) is 1.81. The van der Waals surface area contributed by atoms with Crippen molar-refractivity contribution < 1.29 is 9.53 Å². The molecule has 0 atom stereocenters. The number of carbonyl (C=O) groups excluding carboxylic acids is 1. The van der Waals surface area contributed by atoms with E-state index in [0.717, 1.165) is 5.69 Å². The lowest BCUT2D eigenvalue weighted by Crippen LogP contribution is -2.22. The zero-order valence-corrected chi connectivity index (χ0v) is 9.73. The highest BCUT2D eigenvalue weighted by Gasteiger charge is 2.24. The van der Waals surface area contributed by atoms with Crippen LogP contribution in [0.2, 0.25) is 0 Å². The van der Waals surface area contributed by atoms with Gasteiger partial charge in [-0.1, -0.05) is 0 Å². The Bertz CT molecular complexity index is 408. The molecular formula is C11H15N3O2. The van der Waals surface area contributed by atoms with E-state index in [2.05, 4.69) is 16.9 Å². The highest BCUT2D eigenvalue weighted by Crippen LogP contribution is 2.16. The van der Waals surface area contributed by atoms with Crippen molar-refractivity contribution in [2.45, 2.75) is 13.8 Å². The van der Waals surface area contributed by atoms with Crippen LogP contribution in [0.15, 0.2) is 12.4 Å². The SMILES string of the molecule is CC#CC.Cn1cc(N2CCOC2=O)cn1. The van der Waals surface area contributed by atoms with E-state index in [4.69, 9.17) is 4.74 Å². The molecule has 1 aromatic heterocycles. The van der Waals surface area contributed by atoms with Crippen molar-refractivity contribution in [3.05, 3.63) is 12.4 Å². The van der Waals surface area contributed by atoms with Gasteiger partial charge in [0.05, 0.1) is 18.4 Å². The summed E-state index contributed by atoms with van der Waals surface area (Å²) >= 11 is 0. The number of rotatable bonds is 1. The highest BCUT2D eigenvalue weighted by molar-refractivity contribution is 5.88. The minimum absolute atomic E-state index is 0.289. The number of hydrogen-bond donors (Lipinski definition) is 0. The molecular weight excluding hydrogens is 206 g/mol. The molecule has 5 heteroatoms. The molecule has 1 aliphatic heterocycles. The molecule has 2 rings (SSSR count). The van der Waals surface area contributed by atoms with Crippen LogP contribution in [0.3, 0.4) is 0 Å². The summed E-state index contributed by atoms with van der Waals surface area (Å²) in [6, 6.07) is 0. The molecule has 0 radical (unpaired) electrons. The van der Waals surface area contributed by atoms with Crippen LogP contribution in [-0.2, 0) is 11.8 Å². The number of aryl methyl sites for hydroxylation is 1. The standard InChI is InChI=1S/C7H9N3O2.C4H6/c1-9-5-6(4-8-9)10-2-3-12-7(10)11;1-3-4-2/h4-5H,2-3H2,1H3;1-2H3. The quantitative estimate of drug-likeness (QED) is 0.673. The van der Waals surface area contributed by atoms with E-state index in [1.807, 2.05) is 20.9 Å². The van der Waals surface area contributed by atoms with Gasteiger partial charge in [-0.05, 0) is 13.8 Å². The van der Waals surface area contributed by atoms with E-state index >= 15 is 0 Å². The monoisotopic (exact) mass is 221 g/mol. The second-order valence-corrected chi connectivity index (χ2v) is 3.14. The van der Waals surface area contributed by atoms with Crippen molar-refractivity contribution >= 4 is 11.8 Å². The molecule has 0 aromatic carbocycles. The lowest BCUT2D eigenvalue weighted by Gasteiger charge is -2.07. The van der Waals surface area contributed by atoms with Gasteiger partial charge in [-0.2, -0.15) is 5.10 Å². The van der Waals surface area contributed by atoms with Crippen LogP contribution < -0.4 is 4.90 Å². The summed E-state index contributed by atoms with van der Waals surface area (Å²) in [6.07, 6.45) is 3.14. The van der Waals surface area contributed by atoms with Crippen molar-refractivity contribution in [1.82, 2.24) is 9.78 Å². The normalized spacial score (nSPS) is 13.4. The number of nitrogens with zero attached hydrogens (tertiary/aromatic N) is 3. The molecule has 0 aliphatic carbocycles. The van der Waals surface area contributed by atoms with Gasteiger partial charge >= 0.3 is 6.09 Å². The van der Waals surface area contributed by atoms with Gasteiger partial charge in [0.2, 0.25) is 0 Å². The minimum atomic E-state index is -0.289. The second-order valence-electron chi connectivity index (χ2n) is 3.14. The average molecular weight is 221 g/mol. The van der Waals surface area contributed by atoms with Gasteiger partial charge < -0.3 is 4.74 Å². The maximum Gasteiger partial charge on any atom is 0.414 e. The number of ether oxygens (including phenoxy) is 1. The molecule has 0 spiro atoms. The molecule has 86 valence electrons. The molecule has 1 saturated heterocycles. The maximum absolute atomic E-state index is 11.1. The summed E-state index contributed by atoms with van der Waals surface area (Å²) in [5.41, 5.74) is 0.792. The number of aromatic nitrogens is 2. The van der Waals surface area contributed by atoms with Crippen LogP contribution >= 0.6 is 0 Å². The first-order chi connectivity index (χ1) is 7.69. The number of hydrogen-bond acceptors (Lipinski definition) is 3. The Kier molecular flexibility index (Phi) is 4.40. The van der Waals surface area contributed by atoms with Gasteiger partial charge in [-0.3, -0.25) is 9.58 Å². The fraction of sp³-hybridized carbons (Fsp3) is 0.455. The smallest absolute Gasteiger partial charge is 0.414 e. The number of anilines is 1. The van der Waals surface area contributed by atoms with Crippen LogP contribution in [0.25, 0.3) is 0 Å². The van der Waals surface area contributed by atoms with Gasteiger partial charge in [0, 0.05) is 13.2 Å². The minimum Gasteiger partial charge on any atom is -0.447 e. The average Bonchev–Trinajstić information content (AvgIpc) is 2.87. The maximum atomic E-state index is 11.1. The Hall–Kier alpha value is -1.96. The molecule has 1 amide bonds. The van der Waals surface area contributed by atoms with Crippen molar-refractivity contribution in [3.8, 4) is 11.8 Å². The van der Waals surface area contributed by atoms with Crippen molar-refractivity contribution in [1.29, 1.82) is 0 Å². The number of carbonyl (C=O) groups is 1. The molecule has 0 bridgehead atoms. The summed E-state index contributed by atoms with van der Waals surface area (Å²) in [5.74, 6) is 5.36. The van der Waals surface area contributed by atoms with Crippen molar-refractivity contribution in [2.75, 3.05) is 18.1 Å². The topological polar surface area (TPSA) is 47.4 Å². The third-order valence-electron chi connectivity index (χ3n) is 2.01. The molecule has 16 heavy (non-hydrogen) atoms. The van der Waals surface area contributed by atoms with Crippen LogP contribution in [0.1, 0.15) is 13.8 Å². The molecule has 0 saturated carbocycles. The Labute approximate surface area is 95.0 Å². The lowest BCUT2D eigenvalue weighted by atomic mass is 10.5. The van der Waals surface area contributed by atoms with Crippen molar-refractivity contribution in [2.24, 2.45) is 7.05 Å². The van der Waals surface area contributed by atoms with Gasteiger partial charge in [-0.25, -0.2) is 4.79 Å². The first kappa shape index (κ1) is 12.1. The fourth-order valence-electron chi connectivity index (χ4n) is 1.18. The van der Waals surface area contributed by atoms with Crippen LogP contribution in [0, 0.1) is 11.8 Å². The number of cyclic esters (lactones) is 1. The Morgan fingerprint density at radius 2 is 2.12 bits per heavy atom. The molecule has 0 unspecified atom stereocenters. The first-order valence-corrected chi connectivity index (χ1v) is 4.95. The highest BCUT2D eigenvalue weighted by atomic mass is 16.6. The van der Waals surface area contributed by atoms with Crippen LogP contribution in [0.4, 0.5) is 10.5 Å². The predicted molar refractivity (Wildman–Crippen MR) is 61.0 cm³/mol. The zero-order chi connectivity index (χ0) is 12.0. The van der Waals surface area contributed by atoms with Gasteiger partial charge in [0.25, 0.3) is 0 Å². The van der Waals surface area contributed by atoms with Crippen molar-refractivity contribution in [3.63, 3.8) is 0 Å². The van der Waals surface area contributed by atoms with Gasteiger partial charge in [0.1, 0.15) is 6.61 Å². The van der Waals surface area contributed by atoms with E-state index < -0.39 is 0 Å². The summed E-state index contributed by atoms with van der Waals surface area (Å²) in [6.45, 7) is 4.72. The largest absolute Gasteiger partial charge is 0.447 e. The Balaban J connectivity index is 0.000000280. The van der Waals surface area contributed by atoms with E-state index in [0.29, 0.717) is 13.2 Å². The zero-order valence-electron chi connectivity index (χ0n) is 9.73. The fourth-order valence-corrected chi connectivity index (χ4v) is 1.18. The summed E-state index contributed by atoms with van der Waals surface area (Å²) in [4.78, 5) is 12.6. The third kappa shape index (κ3) is 3.02. The molecule has 2 heterocycles. The van der Waals surface area contributed by atoms with E-state index in [1.165, 1.54) is 0 Å². The summed E-state index contributed by atoms with van der Waals surface area (Å²) in [5, 5.41) is 3.96. The Morgan fingerprint density at radius 1 is 1.44 bits per heavy atom. The molecule has 0 N–H and O–H groups in total. The van der Waals surface area contributed by atoms with Gasteiger partial charge in [0.15, 0.2) is 0 Å². The number of amides is 1. The summed E-state index contributed by atoms with van der Waals surface area (Å²) < 4.78 is 6.43. The molecule has 1 aromatic rings. The van der Waals surface area contributed by atoms with E-state index in [9.17, 15) is 4.79 Å². The second kappa shape index (κ2) is 5.81. The molecule has 1 fully saturated rings. The first-order valence-electron chi connectivity index (χ1n) is 4.95. The van der Waals surface area contributed by atoms with E-state index in [1.54, 1.807) is 22.0 Å². The van der Waals surface area contributed by atoms with Gasteiger partial charge in [-0.15, -0.1) is 11.8 Å². The van der Waals surface area contributed by atoms with Crippen LogP contribution in [0.5, 0.6) is 0 Å². The van der Waals surface area contributed by atoms with Crippen LogP contribution in [-0.4, -0.2) is 29.0 Å². The third-order valence-corrected chi connectivity index (χ3v) is 2.01.